The van der Waals surface area contributed by atoms with Gasteiger partial charge in [-0.1, -0.05) is 43.7 Å². The van der Waals surface area contributed by atoms with Gasteiger partial charge in [0.1, 0.15) is 0 Å². The Bertz CT molecular complexity index is 476. The van der Waals surface area contributed by atoms with Crippen molar-refractivity contribution in [3.05, 3.63) is 35.4 Å². The fourth-order valence-corrected chi connectivity index (χ4v) is 2.64. The van der Waals surface area contributed by atoms with Crippen molar-refractivity contribution in [3.8, 4) is 0 Å². The van der Waals surface area contributed by atoms with Gasteiger partial charge in [0.05, 0.1) is 6.42 Å². The summed E-state index contributed by atoms with van der Waals surface area (Å²) in [7, 11) is 0. The number of Topliss-reactive ketones (excluding diaryl/α,β-unsaturated/α-hetero) is 1. The molecule has 0 saturated carbocycles. The Balaban J connectivity index is 2.88. The molecule has 1 aromatic carbocycles. The van der Waals surface area contributed by atoms with Crippen LogP contribution in [0.1, 0.15) is 49.0 Å². The van der Waals surface area contributed by atoms with Crippen LogP contribution in [0.5, 0.6) is 0 Å². The van der Waals surface area contributed by atoms with Gasteiger partial charge in [0.25, 0.3) is 0 Å². The summed E-state index contributed by atoms with van der Waals surface area (Å²) >= 11 is 0. The minimum Gasteiger partial charge on any atom is -0.481 e. The van der Waals surface area contributed by atoms with Crippen LogP contribution >= 0.6 is 0 Å². The lowest BCUT2D eigenvalue weighted by atomic mass is 9.93. The van der Waals surface area contributed by atoms with Gasteiger partial charge in [0, 0.05) is 18.0 Å². The monoisotopic (exact) mass is 305 g/mol. The number of hydrogen-bond acceptors (Lipinski definition) is 3. The minimum atomic E-state index is -0.918. The van der Waals surface area contributed by atoms with Crippen molar-refractivity contribution >= 4 is 11.8 Å². The number of carbonyl (C=O) groups is 2. The Morgan fingerprint density at radius 2 is 1.64 bits per heavy atom. The number of aliphatic carboxylic acids is 1. The Kier molecular flexibility index (Phi) is 7.82. The molecule has 4 heteroatoms. The molecular formula is C18H27NO3. The molecule has 1 unspecified atom stereocenters. The van der Waals surface area contributed by atoms with Crippen LogP contribution in [0.25, 0.3) is 0 Å². The summed E-state index contributed by atoms with van der Waals surface area (Å²) in [6.07, 6.45) is 1.88. The predicted octanol–water partition coefficient (Wildman–Crippen LogP) is 3.39. The lowest BCUT2D eigenvalue weighted by Gasteiger charge is -2.25. The molecule has 22 heavy (non-hydrogen) atoms. The highest BCUT2D eigenvalue weighted by Crippen LogP contribution is 2.16. The van der Waals surface area contributed by atoms with Crippen molar-refractivity contribution in [2.75, 3.05) is 19.6 Å². The second kappa shape index (κ2) is 9.36. The summed E-state index contributed by atoms with van der Waals surface area (Å²) in [5.74, 6) is -1.48. The standard InChI is InChI=1S/C18H27NO3/c1-4-10-19(11-5-2)13-16(12-17(20)21)18(22)15-8-6-14(3)7-9-15/h6-9,16H,4-5,10-13H2,1-3H3,(H,20,21). The molecule has 0 aliphatic carbocycles. The number of carboxylic acids is 1. The molecule has 122 valence electrons. The first kappa shape index (κ1) is 18.4. The highest BCUT2D eigenvalue weighted by molar-refractivity contribution is 5.99. The highest BCUT2D eigenvalue weighted by atomic mass is 16.4. The topological polar surface area (TPSA) is 57.6 Å². The lowest BCUT2D eigenvalue weighted by molar-refractivity contribution is -0.137. The molecular weight excluding hydrogens is 278 g/mol. The zero-order valence-corrected chi connectivity index (χ0v) is 13.8. The van der Waals surface area contributed by atoms with Gasteiger partial charge in [-0.25, -0.2) is 0 Å². The van der Waals surface area contributed by atoms with Crippen LogP contribution in [0, 0.1) is 12.8 Å². The van der Waals surface area contributed by atoms with Crippen molar-refractivity contribution in [1.82, 2.24) is 4.90 Å². The summed E-state index contributed by atoms with van der Waals surface area (Å²) < 4.78 is 0. The molecule has 1 atom stereocenters. The summed E-state index contributed by atoms with van der Waals surface area (Å²) in [5, 5.41) is 9.13. The molecule has 1 aromatic rings. The Morgan fingerprint density at radius 3 is 2.09 bits per heavy atom. The largest absolute Gasteiger partial charge is 0.481 e. The van der Waals surface area contributed by atoms with E-state index in [0.717, 1.165) is 31.5 Å². The van der Waals surface area contributed by atoms with Crippen LogP contribution in [-0.4, -0.2) is 41.4 Å². The molecule has 4 nitrogen and oxygen atoms in total. The summed E-state index contributed by atoms with van der Waals surface area (Å²) in [4.78, 5) is 26.0. The first-order valence-electron chi connectivity index (χ1n) is 8.02. The first-order chi connectivity index (χ1) is 10.5. The van der Waals surface area contributed by atoms with E-state index in [1.807, 2.05) is 19.1 Å². The first-order valence-corrected chi connectivity index (χ1v) is 8.02. The van der Waals surface area contributed by atoms with E-state index in [2.05, 4.69) is 18.7 Å². The van der Waals surface area contributed by atoms with E-state index in [9.17, 15) is 9.59 Å². The van der Waals surface area contributed by atoms with Crippen molar-refractivity contribution in [1.29, 1.82) is 0 Å². The quantitative estimate of drug-likeness (QED) is 0.673. The van der Waals surface area contributed by atoms with Crippen molar-refractivity contribution < 1.29 is 14.7 Å². The number of aryl methyl sites for hydroxylation is 1. The third kappa shape index (κ3) is 5.98. The van der Waals surface area contributed by atoms with E-state index in [0.29, 0.717) is 12.1 Å². The Morgan fingerprint density at radius 1 is 1.09 bits per heavy atom. The van der Waals surface area contributed by atoms with Gasteiger partial charge in [0.15, 0.2) is 5.78 Å². The van der Waals surface area contributed by atoms with Gasteiger partial charge in [-0.15, -0.1) is 0 Å². The van der Waals surface area contributed by atoms with E-state index in [-0.39, 0.29) is 12.2 Å². The number of nitrogens with zero attached hydrogens (tertiary/aromatic N) is 1. The van der Waals surface area contributed by atoms with Crippen molar-refractivity contribution in [3.63, 3.8) is 0 Å². The van der Waals surface area contributed by atoms with E-state index in [1.165, 1.54) is 0 Å². The van der Waals surface area contributed by atoms with E-state index in [1.54, 1.807) is 12.1 Å². The van der Waals surface area contributed by atoms with Crippen molar-refractivity contribution in [2.45, 2.75) is 40.0 Å². The van der Waals surface area contributed by atoms with Crippen LogP contribution in [0.15, 0.2) is 24.3 Å². The van der Waals surface area contributed by atoms with E-state index in [4.69, 9.17) is 5.11 Å². The highest BCUT2D eigenvalue weighted by Gasteiger charge is 2.25. The molecule has 0 aliphatic heterocycles. The zero-order chi connectivity index (χ0) is 16.5. The average Bonchev–Trinajstić information content (AvgIpc) is 2.46. The summed E-state index contributed by atoms with van der Waals surface area (Å²) in [5.41, 5.74) is 1.69. The summed E-state index contributed by atoms with van der Waals surface area (Å²) in [6, 6.07) is 7.36. The third-order valence-corrected chi connectivity index (χ3v) is 3.69. The molecule has 0 saturated heterocycles. The molecule has 0 bridgehead atoms. The number of carbonyl (C=O) groups excluding carboxylic acids is 1. The molecule has 0 fully saturated rings. The van der Waals surface area contributed by atoms with Gasteiger partial charge in [-0.05, 0) is 32.9 Å². The maximum Gasteiger partial charge on any atom is 0.304 e. The minimum absolute atomic E-state index is 0.0698. The lowest BCUT2D eigenvalue weighted by Crippen LogP contribution is -2.35. The Hall–Kier alpha value is -1.68. The van der Waals surface area contributed by atoms with Gasteiger partial charge in [-0.2, -0.15) is 0 Å². The molecule has 0 amide bonds. The molecule has 0 radical (unpaired) electrons. The number of carboxylic acid groups (broad SMARTS) is 1. The molecule has 0 aromatic heterocycles. The normalized spacial score (nSPS) is 12.4. The molecule has 0 heterocycles. The number of ketones is 1. The molecule has 0 spiro atoms. The number of benzene rings is 1. The van der Waals surface area contributed by atoms with Crippen LogP contribution in [0.3, 0.4) is 0 Å². The van der Waals surface area contributed by atoms with Crippen molar-refractivity contribution in [2.24, 2.45) is 5.92 Å². The van der Waals surface area contributed by atoms with Crippen LogP contribution in [-0.2, 0) is 4.79 Å². The summed E-state index contributed by atoms with van der Waals surface area (Å²) in [6.45, 7) is 8.46. The van der Waals surface area contributed by atoms with E-state index < -0.39 is 11.9 Å². The molecule has 1 N–H and O–H groups in total. The molecule has 0 aliphatic rings. The smallest absolute Gasteiger partial charge is 0.304 e. The number of hydrogen-bond donors (Lipinski definition) is 1. The van der Waals surface area contributed by atoms with Gasteiger partial charge < -0.3 is 10.0 Å². The maximum atomic E-state index is 12.6. The zero-order valence-electron chi connectivity index (χ0n) is 13.8. The molecule has 1 rings (SSSR count). The average molecular weight is 305 g/mol. The fraction of sp³-hybridized carbons (Fsp3) is 0.556. The predicted molar refractivity (Wildman–Crippen MR) is 88.3 cm³/mol. The maximum absolute atomic E-state index is 12.6. The van der Waals surface area contributed by atoms with Gasteiger partial charge >= 0.3 is 5.97 Å². The van der Waals surface area contributed by atoms with Crippen LogP contribution < -0.4 is 0 Å². The number of rotatable bonds is 10. The van der Waals surface area contributed by atoms with E-state index >= 15 is 0 Å². The fourth-order valence-electron chi connectivity index (χ4n) is 2.64. The van der Waals surface area contributed by atoms with Crippen LogP contribution in [0.4, 0.5) is 0 Å². The Labute approximate surface area is 133 Å². The second-order valence-electron chi connectivity index (χ2n) is 5.83. The second-order valence-corrected chi connectivity index (χ2v) is 5.83. The SMILES string of the molecule is CCCN(CCC)CC(CC(=O)O)C(=O)c1ccc(C)cc1. The van der Waals surface area contributed by atoms with Gasteiger partial charge in [-0.3, -0.25) is 9.59 Å². The van der Waals surface area contributed by atoms with Crippen LogP contribution in [0.2, 0.25) is 0 Å². The third-order valence-electron chi connectivity index (χ3n) is 3.69. The van der Waals surface area contributed by atoms with Gasteiger partial charge in [0.2, 0.25) is 0 Å².